The zero-order valence-electron chi connectivity index (χ0n) is 15.1. The third-order valence-corrected chi connectivity index (χ3v) is 5.81. The van der Waals surface area contributed by atoms with E-state index in [0.29, 0.717) is 12.5 Å². The van der Waals surface area contributed by atoms with E-state index in [0.717, 1.165) is 54.8 Å². The van der Waals surface area contributed by atoms with Gasteiger partial charge >= 0.3 is 0 Å². The first-order valence-electron chi connectivity index (χ1n) is 9.04. The van der Waals surface area contributed by atoms with Gasteiger partial charge in [-0.25, -0.2) is 0 Å². The molecule has 0 aromatic heterocycles. The van der Waals surface area contributed by atoms with Crippen molar-refractivity contribution in [3.63, 3.8) is 0 Å². The Kier molecular flexibility index (Phi) is 5.40. The molecule has 2 aromatic carbocycles. The summed E-state index contributed by atoms with van der Waals surface area (Å²) in [5.41, 5.74) is 7.64. The third kappa shape index (κ3) is 4.48. The van der Waals surface area contributed by atoms with E-state index in [1.165, 1.54) is 5.56 Å². The van der Waals surface area contributed by atoms with Crippen molar-refractivity contribution >= 4 is 23.4 Å². The number of amides is 1. The number of hydrogen-bond acceptors (Lipinski definition) is 6. The lowest BCUT2D eigenvalue weighted by molar-refractivity contribution is -0.130. The quantitative estimate of drug-likeness (QED) is 0.630. The fourth-order valence-electron chi connectivity index (χ4n) is 3.25. The number of hydrogen-bond donors (Lipinski definition) is 1. The van der Waals surface area contributed by atoms with E-state index in [4.69, 9.17) is 15.2 Å². The normalized spacial score (nSPS) is 16.5. The molecular formula is C20H23N3O3S. The standard InChI is InChI=1S/C20H23N3O3S/c21-16-2-4-17(5-3-16)27-13-20(24)23-9-7-22(8-10-23)12-15-1-6-18-19(11-15)26-14-25-18/h1-6,11H,7-10,12-14,21H2. The maximum absolute atomic E-state index is 12.5. The lowest BCUT2D eigenvalue weighted by Crippen LogP contribution is -2.48. The topological polar surface area (TPSA) is 68.0 Å². The molecule has 1 saturated heterocycles. The summed E-state index contributed by atoms with van der Waals surface area (Å²) in [6, 6.07) is 13.7. The Labute approximate surface area is 163 Å². The number of ether oxygens (including phenoxy) is 2. The molecule has 7 heteroatoms. The van der Waals surface area contributed by atoms with E-state index in [1.807, 2.05) is 41.3 Å². The van der Waals surface area contributed by atoms with E-state index >= 15 is 0 Å². The molecule has 0 unspecified atom stereocenters. The van der Waals surface area contributed by atoms with Gasteiger partial charge in [0.15, 0.2) is 11.5 Å². The molecule has 2 aliphatic heterocycles. The average Bonchev–Trinajstić information content (AvgIpc) is 3.16. The van der Waals surface area contributed by atoms with Gasteiger partial charge in [0.25, 0.3) is 0 Å². The summed E-state index contributed by atoms with van der Waals surface area (Å²) >= 11 is 1.56. The summed E-state index contributed by atoms with van der Waals surface area (Å²) in [4.78, 5) is 17.9. The van der Waals surface area contributed by atoms with Gasteiger partial charge in [-0.05, 0) is 42.0 Å². The molecule has 4 rings (SSSR count). The number of thioether (sulfide) groups is 1. The average molecular weight is 385 g/mol. The van der Waals surface area contributed by atoms with Crippen molar-refractivity contribution in [2.24, 2.45) is 0 Å². The van der Waals surface area contributed by atoms with Crippen LogP contribution < -0.4 is 15.2 Å². The van der Waals surface area contributed by atoms with Gasteiger partial charge in [0.1, 0.15) is 0 Å². The molecule has 0 radical (unpaired) electrons. The lowest BCUT2D eigenvalue weighted by atomic mass is 10.1. The van der Waals surface area contributed by atoms with E-state index in [1.54, 1.807) is 11.8 Å². The Balaban J connectivity index is 1.23. The Morgan fingerprint density at radius 1 is 1.00 bits per heavy atom. The minimum atomic E-state index is 0.194. The molecule has 6 nitrogen and oxygen atoms in total. The highest BCUT2D eigenvalue weighted by Crippen LogP contribution is 2.32. The van der Waals surface area contributed by atoms with E-state index in [2.05, 4.69) is 11.0 Å². The van der Waals surface area contributed by atoms with Crippen LogP contribution in [0.2, 0.25) is 0 Å². The maximum atomic E-state index is 12.5. The molecule has 2 N–H and O–H groups in total. The van der Waals surface area contributed by atoms with Gasteiger partial charge in [-0.1, -0.05) is 6.07 Å². The van der Waals surface area contributed by atoms with Crippen molar-refractivity contribution < 1.29 is 14.3 Å². The van der Waals surface area contributed by atoms with Crippen molar-refractivity contribution in [1.29, 1.82) is 0 Å². The number of carbonyl (C=O) groups is 1. The van der Waals surface area contributed by atoms with Gasteiger partial charge in [-0.15, -0.1) is 11.8 Å². The van der Waals surface area contributed by atoms with E-state index in [-0.39, 0.29) is 5.91 Å². The summed E-state index contributed by atoms with van der Waals surface area (Å²) in [6.07, 6.45) is 0. The SMILES string of the molecule is Nc1ccc(SCC(=O)N2CCN(Cc3ccc4c(c3)OCO4)CC2)cc1. The smallest absolute Gasteiger partial charge is 0.233 e. The van der Waals surface area contributed by atoms with Crippen molar-refractivity contribution in [2.75, 3.05) is 44.5 Å². The minimum absolute atomic E-state index is 0.194. The number of rotatable bonds is 5. The van der Waals surface area contributed by atoms with Crippen molar-refractivity contribution in [3.05, 3.63) is 48.0 Å². The van der Waals surface area contributed by atoms with Crippen LogP contribution in [0.4, 0.5) is 5.69 Å². The Hall–Kier alpha value is -2.38. The predicted octanol–water partition coefficient (Wildman–Crippen LogP) is 2.43. The van der Waals surface area contributed by atoms with E-state index < -0.39 is 0 Å². The zero-order valence-corrected chi connectivity index (χ0v) is 15.9. The van der Waals surface area contributed by atoms with Crippen LogP contribution in [0.15, 0.2) is 47.4 Å². The summed E-state index contributed by atoms with van der Waals surface area (Å²) < 4.78 is 10.8. The second-order valence-electron chi connectivity index (χ2n) is 6.70. The van der Waals surface area contributed by atoms with Crippen LogP contribution in [-0.2, 0) is 11.3 Å². The first-order valence-corrected chi connectivity index (χ1v) is 10.0. The van der Waals surface area contributed by atoms with Crippen LogP contribution in [0, 0.1) is 0 Å². The number of nitrogens with two attached hydrogens (primary N) is 1. The molecular weight excluding hydrogens is 362 g/mol. The van der Waals surface area contributed by atoms with Crippen LogP contribution in [0.5, 0.6) is 11.5 Å². The van der Waals surface area contributed by atoms with Gasteiger partial charge in [0.2, 0.25) is 12.7 Å². The molecule has 27 heavy (non-hydrogen) atoms. The molecule has 0 saturated carbocycles. The Morgan fingerprint density at radius 2 is 1.74 bits per heavy atom. The number of piperazine rings is 1. The fourth-order valence-corrected chi connectivity index (χ4v) is 4.05. The summed E-state index contributed by atoms with van der Waals surface area (Å²) in [7, 11) is 0. The van der Waals surface area contributed by atoms with E-state index in [9.17, 15) is 4.79 Å². The second kappa shape index (κ2) is 8.10. The first-order chi connectivity index (χ1) is 13.2. The summed E-state index contributed by atoms with van der Waals surface area (Å²) in [6.45, 7) is 4.46. The highest BCUT2D eigenvalue weighted by atomic mass is 32.2. The maximum Gasteiger partial charge on any atom is 0.233 e. The van der Waals surface area contributed by atoms with Gasteiger partial charge in [-0.3, -0.25) is 9.69 Å². The van der Waals surface area contributed by atoms with Crippen LogP contribution in [-0.4, -0.2) is 54.4 Å². The molecule has 0 atom stereocenters. The molecule has 0 spiro atoms. The number of benzene rings is 2. The summed E-state index contributed by atoms with van der Waals surface area (Å²) in [5.74, 6) is 2.29. The zero-order chi connectivity index (χ0) is 18.6. The van der Waals surface area contributed by atoms with Crippen molar-refractivity contribution in [2.45, 2.75) is 11.4 Å². The first kappa shape index (κ1) is 18.0. The Morgan fingerprint density at radius 3 is 2.52 bits per heavy atom. The molecule has 1 fully saturated rings. The number of fused-ring (bicyclic) bond motifs is 1. The molecule has 0 aliphatic carbocycles. The number of anilines is 1. The minimum Gasteiger partial charge on any atom is -0.454 e. The highest BCUT2D eigenvalue weighted by Gasteiger charge is 2.22. The molecule has 0 bridgehead atoms. The molecule has 1 amide bonds. The highest BCUT2D eigenvalue weighted by molar-refractivity contribution is 8.00. The number of nitrogen functional groups attached to an aromatic ring is 1. The summed E-state index contributed by atoms with van der Waals surface area (Å²) in [5, 5.41) is 0. The molecule has 2 aliphatic rings. The molecule has 2 heterocycles. The number of carbonyl (C=O) groups excluding carboxylic acids is 1. The van der Waals surface area contributed by atoms with Crippen molar-refractivity contribution in [1.82, 2.24) is 9.80 Å². The molecule has 2 aromatic rings. The number of nitrogens with zero attached hydrogens (tertiary/aromatic N) is 2. The lowest BCUT2D eigenvalue weighted by Gasteiger charge is -2.34. The van der Waals surface area contributed by atoms with Crippen LogP contribution in [0.3, 0.4) is 0 Å². The predicted molar refractivity (Wildman–Crippen MR) is 106 cm³/mol. The monoisotopic (exact) mass is 385 g/mol. The van der Waals surface area contributed by atoms with Gasteiger partial charge in [0, 0.05) is 43.3 Å². The van der Waals surface area contributed by atoms with Crippen LogP contribution in [0.1, 0.15) is 5.56 Å². The third-order valence-electron chi connectivity index (χ3n) is 4.81. The van der Waals surface area contributed by atoms with Gasteiger partial charge in [0.05, 0.1) is 5.75 Å². The van der Waals surface area contributed by atoms with Gasteiger partial charge < -0.3 is 20.1 Å². The van der Waals surface area contributed by atoms with Gasteiger partial charge in [-0.2, -0.15) is 0 Å². The fraction of sp³-hybridized carbons (Fsp3) is 0.350. The largest absolute Gasteiger partial charge is 0.454 e. The van der Waals surface area contributed by atoms with Crippen LogP contribution >= 0.6 is 11.8 Å². The second-order valence-corrected chi connectivity index (χ2v) is 7.75. The Bertz CT molecular complexity index is 805. The van der Waals surface area contributed by atoms with Crippen molar-refractivity contribution in [3.8, 4) is 11.5 Å². The van der Waals surface area contributed by atoms with Crippen LogP contribution in [0.25, 0.3) is 0 Å². The molecule has 142 valence electrons.